The fraction of sp³-hybridized carbons (Fsp3) is 0.0500. The van der Waals surface area contributed by atoms with Crippen molar-refractivity contribution < 1.29 is 9.53 Å². The van der Waals surface area contributed by atoms with Gasteiger partial charge in [0.25, 0.3) is 5.91 Å². The van der Waals surface area contributed by atoms with Crippen LogP contribution in [0.5, 0.6) is 5.75 Å². The van der Waals surface area contributed by atoms with Crippen molar-refractivity contribution >= 4 is 45.8 Å². The number of carbonyl (C=O) groups is 1. The van der Waals surface area contributed by atoms with Crippen molar-refractivity contribution in [1.29, 1.82) is 0 Å². The van der Waals surface area contributed by atoms with Crippen molar-refractivity contribution in [2.75, 3.05) is 12.4 Å². The largest absolute Gasteiger partial charge is 0.497 e. The first-order chi connectivity index (χ1) is 13.5. The minimum absolute atomic E-state index is 0.302. The van der Waals surface area contributed by atoms with E-state index in [0.717, 1.165) is 11.4 Å². The van der Waals surface area contributed by atoms with Gasteiger partial charge in [-0.3, -0.25) is 4.79 Å². The highest BCUT2D eigenvalue weighted by Crippen LogP contribution is 2.23. The molecule has 0 aliphatic heterocycles. The summed E-state index contributed by atoms with van der Waals surface area (Å²) in [5.41, 5.74) is 3.03. The van der Waals surface area contributed by atoms with Gasteiger partial charge in [0.15, 0.2) is 0 Å². The highest BCUT2D eigenvalue weighted by atomic mass is 35.5. The summed E-state index contributed by atoms with van der Waals surface area (Å²) in [6, 6.07) is 17.4. The second kappa shape index (κ2) is 7.50. The highest BCUT2D eigenvalue weighted by molar-refractivity contribution is 6.36. The van der Waals surface area contributed by atoms with Gasteiger partial charge in [0.1, 0.15) is 16.8 Å². The van der Waals surface area contributed by atoms with Crippen LogP contribution in [0.15, 0.2) is 60.7 Å². The van der Waals surface area contributed by atoms with E-state index in [0.29, 0.717) is 32.3 Å². The number of hydrogen-bond donors (Lipinski definition) is 1. The van der Waals surface area contributed by atoms with Gasteiger partial charge in [0, 0.05) is 10.7 Å². The van der Waals surface area contributed by atoms with Gasteiger partial charge in [-0.15, -0.1) is 10.2 Å². The summed E-state index contributed by atoms with van der Waals surface area (Å²) < 4.78 is 5.16. The Hall–Kier alpha value is -3.09. The topological polar surface area (TPSA) is 69.0 Å². The van der Waals surface area contributed by atoms with Crippen molar-refractivity contribution in [3.63, 3.8) is 0 Å². The van der Waals surface area contributed by atoms with Crippen LogP contribution in [-0.2, 0) is 0 Å². The third kappa shape index (κ3) is 3.65. The van der Waals surface area contributed by atoms with Gasteiger partial charge in [0.05, 0.1) is 23.4 Å². The number of halogens is 2. The van der Waals surface area contributed by atoms with Crippen LogP contribution in [0.25, 0.3) is 16.7 Å². The maximum Gasteiger partial charge on any atom is 0.257 e. The molecule has 0 saturated heterocycles. The molecule has 4 rings (SSSR count). The smallest absolute Gasteiger partial charge is 0.257 e. The average molecular weight is 413 g/mol. The summed E-state index contributed by atoms with van der Waals surface area (Å²) in [4.78, 5) is 14.0. The molecule has 140 valence electrons. The maximum atomic E-state index is 12.5. The number of carbonyl (C=O) groups excluding carboxylic acids is 1. The highest BCUT2D eigenvalue weighted by Gasteiger charge is 2.13. The van der Waals surface area contributed by atoms with Crippen molar-refractivity contribution in [1.82, 2.24) is 15.0 Å². The minimum atomic E-state index is -0.352. The molecule has 0 fully saturated rings. The Balaban J connectivity index is 1.60. The van der Waals surface area contributed by atoms with Crippen LogP contribution in [0.1, 0.15) is 10.4 Å². The molecule has 1 heterocycles. The fourth-order valence-electron chi connectivity index (χ4n) is 2.69. The molecule has 0 radical (unpaired) electrons. The zero-order valence-corrected chi connectivity index (χ0v) is 16.2. The van der Waals surface area contributed by atoms with Crippen LogP contribution in [0.4, 0.5) is 5.69 Å². The van der Waals surface area contributed by atoms with Crippen LogP contribution < -0.4 is 10.1 Å². The van der Waals surface area contributed by atoms with Crippen molar-refractivity contribution in [2.45, 2.75) is 0 Å². The van der Waals surface area contributed by atoms with Crippen LogP contribution in [-0.4, -0.2) is 28.0 Å². The molecule has 0 spiro atoms. The summed E-state index contributed by atoms with van der Waals surface area (Å²) in [5, 5.41) is 12.5. The molecule has 6 nitrogen and oxygen atoms in total. The predicted molar refractivity (Wildman–Crippen MR) is 110 cm³/mol. The molecule has 1 amide bonds. The number of nitrogens with one attached hydrogen (secondary N) is 1. The Bertz CT molecular complexity index is 1170. The number of amides is 1. The van der Waals surface area contributed by atoms with Gasteiger partial charge in [0.2, 0.25) is 0 Å². The molecule has 0 aliphatic carbocycles. The number of anilines is 1. The first kappa shape index (κ1) is 18.3. The lowest BCUT2D eigenvalue weighted by Crippen LogP contribution is -2.12. The fourth-order valence-corrected chi connectivity index (χ4v) is 3.07. The average Bonchev–Trinajstić information content (AvgIpc) is 3.13. The molecule has 28 heavy (non-hydrogen) atoms. The van der Waals surface area contributed by atoms with Gasteiger partial charge < -0.3 is 10.1 Å². The number of nitrogens with zero attached hydrogens (tertiary/aromatic N) is 3. The summed E-state index contributed by atoms with van der Waals surface area (Å²) in [6.45, 7) is 0. The molecule has 0 aliphatic rings. The number of fused-ring (bicyclic) bond motifs is 1. The van der Waals surface area contributed by atoms with Gasteiger partial charge in [-0.25, -0.2) is 0 Å². The molecule has 3 aromatic carbocycles. The molecule has 8 heteroatoms. The monoisotopic (exact) mass is 412 g/mol. The van der Waals surface area contributed by atoms with E-state index in [9.17, 15) is 4.79 Å². The SMILES string of the molecule is COc1ccc(-n2nc3ccc(NC(=O)c4cc(Cl)ccc4Cl)cc3n2)cc1. The second-order valence-corrected chi connectivity index (χ2v) is 6.81. The maximum absolute atomic E-state index is 12.5. The number of methoxy groups -OCH3 is 1. The first-order valence-corrected chi connectivity index (χ1v) is 9.07. The third-order valence-corrected chi connectivity index (χ3v) is 4.68. The van der Waals surface area contributed by atoms with Crippen molar-refractivity contribution in [2.24, 2.45) is 0 Å². The lowest BCUT2D eigenvalue weighted by Gasteiger charge is -2.07. The van der Waals surface area contributed by atoms with E-state index in [4.69, 9.17) is 27.9 Å². The minimum Gasteiger partial charge on any atom is -0.497 e. The Morgan fingerprint density at radius 3 is 2.46 bits per heavy atom. The Morgan fingerprint density at radius 2 is 1.71 bits per heavy atom. The van der Waals surface area contributed by atoms with E-state index in [2.05, 4.69) is 15.5 Å². The Labute approximate surface area is 170 Å². The molecule has 0 bridgehead atoms. The number of aromatic nitrogens is 3. The molecule has 1 aromatic heterocycles. The Kier molecular flexibility index (Phi) is 4.90. The van der Waals surface area contributed by atoms with Crippen molar-refractivity contribution in [3.05, 3.63) is 76.3 Å². The molecule has 0 saturated carbocycles. The summed E-state index contributed by atoms with van der Waals surface area (Å²) in [7, 11) is 1.61. The normalized spacial score (nSPS) is 10.8. The Morgan fingerprint density at radius 1 is 0.964 bits per heavy atom. The van der Waals surface area contributed by atoms with Gasteiger partial charge >= 0.3 is 0 Å². The lowest BCUT2D eigenvalue weighted by atomic mass is 10.2. The zero-order chi connectivity index (χ0) is 19.7. The number of hydrogen-bond acceptors (Lipinski definition) is 4. The quantitative estimate of drug-likeness (QED) is 0.512. The predicted octanol–water partition coefficient (Wildman–Crippen LogP) is 4.99. The van der Waals surface area contributed by atoms with Crippen LogP contribution in [0.2, 0.25) is 10.0 Å². The summed E-state index contributed by atoms with van der Waals surface area (Å²) in [6.07, 6.45) is 0. The standard InChI is InChI=1S/C20H14Cl2N4O2/c1-28-15-6-4-14(5-7-15)26-24-18-9-3-13(11-19(18)25-26)23-20(27)16-10-12(21)2-8-17(16)22/h2-11H,1H3,(H,23,27). The van der Waals surface area contributed by atoms with Crippen LogP contribution in [0, 0.1) is 0 Å². The van der Waals surface area contributed by atoms with E-state index < -0.39 is 0 Å². The number of rotatable bonds is 4. The first-order valence-electron chi connectivity index (χ1n) is 8.31. The number of benzene rings is 3. The number of ether oxygens (including phenoxy) is 1. The van der Waals surface area contributed by atoms with Gasteiger partial charge in [-0.2, -0.15) is 4.80 Å². The van der Waals surface area contributed by atoms with Crippen LogP contribution in [0.3, 0.4) is 0 Å². The zero-order valence-electron chi connectivity index (χ0n) is 14.7. The van der Waals surface area contributed by atoms with Crippen LogP contribution >= 0.6 is 23.2 Å². The van der Waals surface area contributed by atoms with Gasteiger partial charge in [-0.1, -0.05) is 23.2 Å². The van der Waals surface area contributed by atoms with E-state index in [1.807, 2.05) is 24.3 Å². The molecule has 0 atom stereocenters. The summed E-state index contributed by atoms with van der Waals surface area (Å²) >= 11 is 12.0. The van der Waals surface area contributed by atoms with E-state index in [1.165, 1.54) is 10.9 Å². The van der Waals surface area contributed by atoms with Crippen molar-refractivity contribution in [3.8, 4) is 11.4 Å². The molecule has 1 N–H and O–H groups in total. The summed E-state index contributed by atoms with van der Waals surface area (Å²) in [5.74, 6) is 0.402. The lowest BCUT2D eigenvalue weighted by molar-refractivity contribution is 0.102. The molecular formula is C20H14Cl2N4O2. The van der Waals surface area contributed by atoms with E-state index in [1.54, 1.807) is 37.4 Å². The van der Waals surface area contributed by atoms with E-state index >= 15 is 0 Å². The third-order valence-electron chi connectivity index (χ3n) is 4.11. The van der Waals surface area contributed by atoms with Gasteiger partial charge in [-0.05, 0) is 60.7 Å². The van der Waals surface area contributed by atoms with E-state index in [-0.39, 0.29) is 5.91 Å². The molecule has 0 unspecified atom stereocenters. The second-order valence-electron chi connectivity index (χ2n) is 5.97. The molecular weight excluding hydrogens is 399 g/mol. The molecule has 4 aromatic rings.